The van der Waals surface area contributed by atoms with Crippen LogP contribution in [0.15, 0.2) is 49.1 Å². The Balaban J connectivity index is 2.84. The second-order valence-electron chi connectivity index (χ2n) is 3.19. The molecule has 0 heterocycles. The fraction of sp³-hybridized carbons (Fsp3) is 0.273. The van der Waals surface area contributed by atoms with Crippen LogP contribution in [0.3, 0.4) is 0 Å². The van der Waals surface area contributed by atoms with Crippen LogP contribution in [0.1, 0.15) is 13.3 Å². The summed E-state index contributed by atoms with van der Waals surface area (Å²) in [4.78, 5) is 0. The largest absolute Gasteiger partial charge is 0.102 e. The first kappa shape index (κ1) is 8.06. The summed E-state index contributed by atoms with van der Waals surface area (Å²) in [7, 11) is 0. The summed E-state index contributed by atoms with van der Waals surface area (Å²) in [5.74, 6) is 0. The smallest absolute Gasteiger partial charge is 0.00734 e. The van der Waals surface area contributed by atoms with Crippen LogP contribution in [-0.4, -0.2) is 0 Å². The van der Waals surface area contributed by atoms with Gasteiger partial charge in [0.25, 0.3) is 0 Å². The van der Waals surface area contributed by atoms with Crippen molar-refractivity contribution in [3.63, 3.8) is 0 Å². The molecule has 0 heteroatoms. The molecule has 1 unspecified atom stereocenters. The Hall–Kier alpha value is -1.04. The summed E-state index contributed by atoms with van der Waals surface area (Å²) < 4.78 is 0. The van der Waals surface area contributed by atoms with Gasteiger partial charge in [-0.1, -0.05) is 43.9 Å². The molecule has 0 aliphatic heterocycles. The topological polar surface area (TPSA) is 0 Å². The minimum absolute atomic E-state index is 0.137. The van der Waals surface area contributed by atoms with Gasteiger partial charge in [0.2, 0.25) is 0 Å². The van der Waals surface area contributed by atoms with Crippen LogP contribution in [0.4, 0.5) is 0 Å². The van der Waals surface area contributed by atoms with Gasteiger partial charge in [-0.2, -0.15) is 0 Å². The van der Waals surface area contributed by atoms with Crippen molar-refractivity contribution in [1.82, 2.24) is 0 Å². The maximum absolute atomic E-state index is 3.81. The summed E-state index contributed by atoms with van der Waals surface area (Å²) in [6.07, 6.45) is 11.3. The van der Waals surface area contributed by atoms with Gasteiger partial charge in [-0.05, 0) is 12.0 Å². The summed E-state index contributed by atoms with van der Waals surface area (Å²) >= 11 is 0. The Kier molecular flexibility index (Phi) is 2.13. The SMILES string of the molecule is C=CC1=CC=CC(C)(C=C)C1. The molecule has 0 nitrogen and oxygen atoms in total. The van der Waals surface area contributed by atoms with Crippen molar-refractivity contribution in [3.05, 3.63) is 49.1 Å². The fourth-order valence-electron chi connectivity index (χ4n) is 1.23. The second-order valence-corrected chi connectivity index (χ2v) is 3.19. The molecule has 0 radical (unpaired) electrons. The molecule has 0 amide bonds. The minimum Gasteiger partial charge on any atom is -0.102 e. The Bertz CT molecular complexity index is 230. The van der Waals surface area contributed by atoms with Crippen molar-refractivity contribution >= 4 is 0 Å². The van der Waals surface area contributed by atoms with Crippen molar-refractivity contribution in [2.24, 2.45) is 5.41 Å². The molecule has 1 aliphatic rings. The lowest BCUT2D eigenvalue weighted by atomic mass is 9.80. The van der Waals surface area contributed by atoms with Gasteiger partial charge in [0.1, 0.15) is 0 Å². The molecule has 0 saturated heterocycles. The van der Waals surface area contributed by atoms with E-state index in [1.54, 1.807) is 0 Å². The zero-order valence-electron chi connectivity index (χ0n) is 7.01. The van der Waals surface area contributed by atoms with E-state index in [1.165, 1.54) is 5.57 Å². The van der Waals surface area contributed by atoms with Crippen LogP contribution >= 0.6 is 0 Å². The number of rotatable bonds is 2. The van der Waals surface area contributed by atoms with E-state index >= 15 is 0 Å². The monoisotopic (exact) mass is 146 g/mol. The standard InChI is InChI=1S/C11H14/c1-4-10-7-6-8-11(3,5-2)9-10/h4-8H,1-2,9H2,3H3. The molecular formula is C11H14. The Morgan fingerprint density at radius 2 is 2.27 bits per heavy atom. The van der Waals surface area contributed by atoms with Gasteiger partial charge < -0.3 is 0 Å². The Labute approximate surface area is 68.6 Å². The van der Waals surface area contributed by atoms with Gasteiger partial charge in [-0.3, -0.25) is 0 Å². The van der Waals surface area contributed by atoms with Gasteiger partial charge in [0, 0.05) is 5.41 Å². The number of allylic oxidation sites excluding steroid dienone is 6. The maximum atomic E-state index is 3.81. The van der Waals surface area contributed by atoms with Crippen LogP contribution in [0.2, 0.25) is 0 Å². The third kappa shape index (κ3) is 1.70. The molecular weight excluding hydrogens is 132 g/mol. The number of hydrogen-bond acceptors (Lipinski definition) is 0. The van der Waals surface area contributed by atoms with Crippen LogP contribution in [0.5, 0.6) is 0 Å². The van der Waals surface area contributed by atoms with Crippen LogP contribution in [0, 0.1) is 5.41 Å². The third-order valence-electron chi connectivity index (χ3n) is 2.10. The molecule has 0 fully saturated rings. The average Bonchev–Trinajstić information content (AvgIpc) is 2.05. The van der Waals surface area contributed by atoms with E-state index in [-0.39, 0.29) is 5.41 Å². The van der Waals surface area contributed by atoms with Crippen LogP contribution in [-0.2, 0) is 0 Å². The molecule has 0 aromatic rings. The highest BCUT2D eigenvalue weighted by molar-refractivity contribution is 5.32. The van der Waals surface area contributed by atoms with Crippen LogP contribution in [0.25, 0.3) is 0 Å². The third-order valence-corrected chi connectivity index (χ3v) is 2.10. The normalized spacial score (nSPS) is 29.4. The lowest BCUT2D eigenvalue weighted by molar-refractivity contribution is 0.546. The van der Waals surface area contributed by atoms with E-state index in [0.29, 0.717) is 0 Å². The van der Waals surface area contributed by atoms with E-state index < -0.39 is 0 Å². The fourth-order valence-corrected chi connectivity index (χ4v) is 1.23. The van der Waals surface area contributed by atoms with Crippen molar-refractivity contribution in [2.75, 3.05) is 0 Å². The summed E-state index contributed by atoms with van der Waals surface area (Å²) in [5.41, 5.74) is 1.42. The van der Waals surface area contributed by atoms with Crippen LogP contribution < -0.4 is 0 Å². The molecule has 58 valence electrons. The lowest BCUT2D eigenvalue weighted by Crippen LogP contribution is -2.11. The molecule has 0 aromatic heterocycles. The molecule has 0 spiro atoms. The summed E-state index contributed by atoms with van der Waals surface area (Å²) in [5, 5.41) is 0. The van der Waals surface area contributed by atoms with Crippen molar-refractivity contribution in [3.8, 4) is 0 Å². The van der Waals surface area contributed by atoms with E-state index in [1.807, 2.05) is 12.2 Å². The predicted octanol–water partition coefficient (Wildman–Crippen LogP) is 3.25. The molecule has 1 rings (SSSR count). The first-order valence-electron chi connectivity index (χ1n) is 3.84. The summed E-state index contributed by atoms with van der Waals surface area (Å²) in [6.45, 7) is 9.73. The van der Waals surface area contributed by atoms with E-state index in [4.69, 9.17) is 0 Å². The Morgan fingerprint density at radius 1 is 1.55 bits per heavy atom. The second kappa shape index (κ2) is 2.91. The molecule has 11 heavy (non-hydrogen) atoms. The molecule has 0 saturated carbocycles. The molecule has 0 aromatic carbocycles. The number of hydrogen-bond donors (Lipinski definition) is 0. The van der Waals surface area contributed by atoms with Gasteiger partial charge in [-0.25, -0.2) is 0 Å². The average molecular weight is 146 g/mol. The highest BCUT2D eigenvalue weighted by Crippen LogP contribution is 2.32. The first-order valence-corrected chi connectivity index (χ1v) is 3.84. The van der Waals surface area contributed by atoms with Crippen molar-refractivity contribution < 1.29 is 0 Å². The zero-order valence-corrected chi connectivity index (χ0v) is 7.01. The van der Waals surface area contributed by atoms with Crippen molar-refractivity contribution in [2.45, 2.75) is 13.3 Å². The highest BCUT2D eigenvalue weighted by Gasteiger charge is 2.18. The summed E-state index contributed by atoms with van der Waals surface area (Å²) in [6, 6.07) is 0. The quantitative estimate of drug-likeness (QED) is 0.524. The van der Waals surface area contributed by atoms with Gasteiger partial charge in [0.15, 0.2) is 0 Å². The Morgan fingerprint density at radius 3 is 2.82 bits per heavy atom. The van der Waals surface area contributed by atoms with Gasteiger partial charge >= 0.3 is 0 Å². The maximum Gasteiger partial charge on any atom is 0.00734 e. The van der Waals surface area contributed by atoms with Gasteiger partial charge in [-0.15, -0.1) is 6.58 Å². The van der Waals surface area contributed by atoms with E-state index in [9.17, 15) is 0 Å². The highest BCUT2D eigenvalue weighted by atomic mass is 14.2. The molecule has 1 aliphatic carbocycles. The van der Waals surface area contributed by atoms with E-state index in [2.05, 4.69) is 38.3 Å². The molecule has 0 N–H and O–H groups in total. The van der Waals surface area contributed by atoms with E-state index in [0.717, 1.165) is 6.42 Å². The molecule has 1 atom stereocenters. The first-order chi connectivity index (χ1) is 5.20. The molecule has 0 bridgehead atoms. The van der Waals surface area contributed by atoms with Gasteiger partial charge in [0.05, 0.1) is 0 Å². The predicted molar refractivity (Wildman–Crippen MR) is 50.3 cm³/mol. The van der Waals surface area contributed by atoms with Crippen molar-refractivity contribution in [1.29, 1.82) is 0 Å². The zero-order chi connectivity index (χ0) is 8.32. The minimum atomic E-state index is 0.137. The lowest BCUT2D eigenvalue weighted by Gasteiger charge is -2.24.